The summed E-state index contributed by atoms with van der Waals surface area (Å²) in [5, 5.41) is 14.7. The van der Waals surface area contributed by atoms with Crippen LogP contribution < -0.4 is 5.32 Å². The number of nitrogens with one attached hydrogen (secondary N) is 1. The summed E-state index contributed by atoms with van der Waals surface area (Å²) in [7, 11) is 1.44. The third-order valence-electron chi connectivity index (χ3n) is 5.76. The summed E-state index contributed by atoms with van der Waals surface area (Å²) in [5.41, 5.74) is 2.20. The van der Waals surface area contributed by atoms with Gasteiger partial charge < -0.3 is 19.6 Å². The van der Waals surface area contributed by atoms with Crippen molar-refractivity contribution < 1.29 is 19.1 Å². The number of ether oxygens (including phenoxy) is 1. The van der Waals surface area contributed by atoms with E-state index < -0.39 is 11.7 Å². The first-order valence-corrected chi connectivity index (χ1v) is 10.6. The van der Waals surface area contributed by atoms with Crippen molar-refractivity contribution in [2.45, 2.75) is 37.9 Å². The number of hydrogen-bond acceptors (Lipinski definition) is 4. The number of benzene rings is 2. The van der Waals surface area contributed by atoms with Gasteiger partial charge in [-0.15, -0.1) is 0 Å². The highest BCUT2D eigenvalue weighted by molar-refractivity contribution is 6.00. The molecule has 1 amide bonds. The molecule has 31 heavy (non-hydrogen) atoms. The Kier molecular flexibility index (Phi) is 6.07. The van der Waals surface area contributed by atoms with Gasteiger partial charge in [0.2, 0.25) is 0 Å². The summed E-state index contributed by atoms with van der Waals surface area (Å²) in [5.74, 6) is 0.469. The molecule has 2 aromatic carbocycles. The Bertz CT molecular complexity index is 1070. The molecule has 2 unspecified atom stereocenters. The summed E-state index contributed by atoms with van der Waals surface area (Å²) < 4.78 is 11.1. The van der Waals surface area contributed by atoms with E-state index >= 15 is 0 Å². The second-order valence-electron chi connectivity index (χ2n) is 7.79. The maximum atomic E-state index is 12.7. The topological polar surface area (TPSA) is 71.7 Å². The molecule has 2 atom stereocenters. The average molecular weight is 418 g/mol. The van der Waals surface area contributed by atoms with Crippen LogP contribution in [0.3, 0.4) is 0 Å². The number of hydrogen-bond donors (Lipinski definition) is 2. The van der Waals surface area contributed by atoms with Gasteiger partial charge in [-0.25, -0.2) is 0 Å². The van der Waals surface area contributed by atoms with Crippen molar-refractivity contribution in [2.75, 3.05) is 12.4 Å². The number of rotatable bonds is 7. The lowest BCUT2D eigenvalue weighted by molar-refractivity contribution is -0.142. The van der Waals surface area contributed by atoms with Gasteiger partial charge in [0.25, 0.3) is 5.91 Å². The molecule has 0 aliphatic carbocycles. The minimum atomic E-state index is -1.61. The summed E-state index contributed by atoms with van der Waals surface area (Å²) in [6, 6.07) is 18.7. The summed E-state index contributed by atoms with van der Waals surface area (Å²) >= 11 is 0. The monoisotopic (exact) mass is 417 g/mol. The third-order valence-corrected chi connectivity index (χ3v) is 5.76. The minimum absolute atomic E-state index is 0.371. The minimum Gasteiger partial charge on any atom is -0.465 e. The molecular formula is C26H27NO4. The zero-order chi connectivity index (χ0) is 21.8. The lowest BCUT2D eigenvalue weighted by Gasteiger charge is -2.40. The van der Waals surface area contributed by atoms with Crippen molar-refractivity contribution in [1.82, 2.24) is 0 Å². The van der Waals surface area contributed by atoms with Crippen molar-refractivity contribution in [2.24, 2.45) is 0 Å². The van der Waals surface area contributed by atoms with Crippen LogP contribution in [-0.4, -0.2) is 24.2 Å². The molecule has 0 radical (unpaired) electrons. The molecule has 0 fully saturated rings. The third kappa shape index (κ3) is 3.94. The van der Waals surface area contributed by atoms with Gasteiger partial charge in [0.05, 0.1) is 6.26 Å². The molecule has 4 rings (SSSR count). The quantitative estimate of drug-likeness (QED) is 0.553. The van der Waals surface area contributed by atoms with Crippen molar-refractivity contribution in [3.05, 3.63) is 89.4 Å². The summed E-state index contributed by atoms with van der Waals surface area (Å²) in [6.07, 6.45) is 5.71. The van der Waals surface area contributed by atoms with Crippen LogP contribution in [0, 0.1) is 0 Å². The molecule has 0 saturated heterocycles. The molecule has 0 bridgehead atoms. The smallest absolute Gasteiger partial charge is 0.257 e. The Morgan fingerprint density at radius 2 is 2.00 bits per heavy atom. The molecule has 1 aliphatic heterocycles. The van der Waals surface area contributed by atoms with Gasteiger partial charge in [-0.1, -0.05) is 49.7 Å². The molecule has 5 nitrogen and oxygen atoms in total. The van der Waals surface area contributed by atoms with Crippen molar-refractivity contribution in [1.29, 1.82) is 0 Å². The normalized spacial score (nSPS) is 20.9. The molecule has 3 aromatic rings. The van der Waals surface area contributed by atoms with E-state index in [0.29, 0.717) is 16.8 Å². The molecule has 0 saturated carbocycles. The molecule has 0 spiro atoms. The van der Waals surface area contributed by atoms with Crippen molar-refractivity contribution >= 4 is 23.2 Å². The van der Waals surface area contributed by atoms with Crippen LogP contribution in [0.5, 0.6) is 0 Å². The van der Waals surface area contributed by atoms with Crippen LogP contribution in [0.4, 0.5) is 5.69 Å². The Balaban J connectivity index is 1.84. The SMILES string of the molecule is CCCC/C(=C\c1ccc2c(c1)C(O)(c1ccccc1)C(OC)C(=O)N2)c1ccco1. The summed E-state index contributed by atoms with van der Waals surface area (Å²) in [4.78, 5) is 12.7. The van der Waals surface area contributed by atoms with Gasteiger partial charge in [-0.2, -0.15) is 0 Å². The fourth-order valence-electron chi connectivity index (χ4n) is 4.18. The van der Waals surface area contributed by atoms with Crippen LogP contribution in [-0.2, 0) is 15.1 Å². The van der Waals surface area contributed by atoms with E-state index in [-0.39, 0.29) is 5.91 Å². The number of aliphatic hydroxyl groups is 1. The molecule has 2 heterocycles. The fraction of sp³-hybridized carbons (Fsp3) is 0.269. The number of unbranched alkanes of at least 4 members (excludes halogenated alkanes) is 1. The van der Waals surface area contributed by atoms with Crippen LogP contribution in [0.2, 0.25) is 0 Å². The molecule has 1 aliphatic rings. The van der Waals surface area contributed by atoms with Crippen LogP contribution in [0.15, 0.2) is 71.3 Å². The standard InChI is InChI=1S/C26H27NO4/c1-3-4-9-19(23-12-8-15-31-23)16-18-13-14-22-21(17-18)26(29,20-10-6-5-7-11-20)24(30-2)25(28)27-22/h5-8,10-17,24,29H,3-4,9H2,1-2H3,(H,27,28)/b19-16+. The first-order chi connectivity index (χ1) is 15.1. The number of methoxy groups -OCH3 is 1. The number of fused-ring (bicyclic) bond motifs is 1. The van der Waals surface area contributed by atoms with Gasteiger partial charge in [0, 0.05) is 18.4 Å². The van der Waals surface area contributed by atoms with Crippen molar-refractivity contribution in [3.8, 4) is 0 Å². The van der Waals surface area contributed by atoms with Crippen molar-refractivity contribution in [3.63, 3.8) is 0 Å². The van der Waals surface area contributed by atoms with Crippen LogP contribution >= 0.6 is 0 Å². The van der Waals surface area contributed by atoms with Gasteiger partial charge in [0.1, 0.15) is 5.76 Å². The Morgan fingerprint density at radius 3 is 2.68 bits per heavy atom. The number of carbonyl (C=O) groups excluding carboxylic acids is 1. The zero-order valence-corrected chi connectivity index (χ0v) is 17.8. The summed E-state index contributed by atoms with van der Waals surface area (Å²) in [6.45, 7) is 2.16. The van der Waals surface area contributed by atoms with E-state index in [1.54, 1.807) is 6.26 Å². The van der Waals surface area contributed by atoms with E-state index in [0.717, 1.165) is 36.2 Å². The van der Waals surface area contributed by atoms with Gasteiger partial charge in [-0.05, 0) is 59.9 Å². The average Bonchev–Trinajstić information content (AvgIpc) is 3.33. The Hall–Kier alpha value is -3.15. The van der Waals surface area contributed by atoms with E-state index in [2.05, 4.69) is 18.3 Å². The van der Waals surface area contributed by atoms with E-state index in [1.807, 2.05) is 60.7 Å². The highest BCUT2D eigenvalue weighted by Gasteiger charge is 2.49. The van der Waals surface area contributed by atoms with Gasteiger partial charge >= 0.3 is 0 Å². The highest BCUT2D eigenvalue weighted by atomic mass is 16.5. The number of furan rings is 1. The van der Waals surface area contributed by atoms with E-state index in [9.17, 15) is 9.90 Å². The lowest BCUT2D eigenvalue weighted by Crippen LogP contribution is -2.52. The van der Waals surface area contributed by atoms with Gasteiger partial charge in [-0.3, -0.25) is 4.79 Å². The lowest BCUT2D eigenvalue weighted by atomic mass is 9.77. The molecule has 160 valence electrons. The highest BCUT2D eigenvalue weighted by Crippen LogP contribution is 2.43. The molecule has 5 heteroatoms. The molecule has 2 N–H and O–H groups in total. The van der Waals surface area contributed by atoms with Crippen LogP contribution in [0.25, 0.3) is 11.6 Å². The predicted molar refractivity (Wildman–Crippen MR) is 121 cm³/mol. The fourth-order valence-corrected chi connectivity index (χ4v) is 4.18. The molecule has 1 aromatic heterocycles. The number of allylic oxidation sites excluding steroid dienone is 1. The van der Waals surface area contributed by atoms with E-state index in [4.69, 9.17) is 9.15 Å². The second-order valence-corrected chi connectivity index (χ2v) is 7.79. The number of anilines is 1. The zero-order valence-electron chi connectivity index (χ0n) is 17.8. The van der Waals surface area contributed by atoms with E-state index in [1.165, 1.54) is 7.11 Å². The number of amides is 1. The maximum Gasteiger partial charge on any atom is 0.257 e. The Labute approximate surface area is 182 Å². The second kappa shape index (κ2) is 8.92. The number of carbonyl (C=O) groups is 1. The predicted octanol–water partition coefficient (Wildman–Crippen LogP) is 5.21. The van der Waals surface area contributed by atoms with Gasteiger partial charge in [0.15, 0.2) is 11.7 Å². The maximum absolute atomic E-state index is 12.7. The first kappa shape index (κ1) is 21.1. The Morgan fingerprint density at radius 1 is 1.19 bits per heavy atom. The first-order valence-electron chi connectivity index (χ1n) is 10.6. The largest absolute Gasteiger partial charge is 0.465 e. The van der Waals surface area contributed by atoms with Crippen LogP contribution in [0.1, 0.15) is 48.6 Å². The molecular weight excluding hydrogens is 390 g/mol.